The Bertz CT molecular complexity index is 1270. The number of rotatable bonds is 2. The summed E-state index contributed by atoms with van der Waals surface area (Å²) in [7, 11) is 0. The normalized spacial score (nSPS) is 11.3. The van der Waals surface area contributed by atoms with Crippen LogP contribution >= 0.6 is 23.2 Å². The predicted octanol–water partition coefficient (Wildman–Crippen LogP) is 7.36. The molecule has 0 aliphatic heterocycles. The maximum absolute atomic E-state index is 6.54. The number of aromatic amines is 1. The number of fused-ring (bicyclic) bond motifs is 2. The summed E-state index contributed by atoms with van der Waals surface area (Å²) in [5.41, 5.74) is 4.91. The van der Waals surface area contributed by atoms with Gasteiger partial charge in [-0.15, -0.1) is 0 Å². The maximum atomic E-state index is 6.54. The summed E-state index contributed by atoms with van der Waals surface area (Å²) < 4.78 is 0. The van der Waals surface area contributed by atoms with Crippen molar-refractivity contribution in [1.82, 2.24) is 9.97 Å². The van der Waals surface area contributed by atoms with Gasteiger partial charge in [0.25, 0.3) is 0 Å². The predicted molar refractivity (Wildman–Crippen MR) is 114 cm³/mol. The molecule has 0 atom stereocenters. The van der Waals surface area contributed by atoms with Crippen molar-refractivity contribution >= 4 is 45.0 Å². The van der Waals surface area contributed by atoms with Gasteiger partial charge in [0, 0.05) is 21.2 Å². The first-order valence-electron chi connectivity index (χ1n) is 8.62. The third-order valence-corrected chi connectivity index (χ3v) is 5.30. The highest BCUT2D eigenvalue weighted by Crippen LogP contribution is 2.39. The Labute approximate surface area is 166 Å². The number of nitrogens with one attached hydrogen (secondary N) is 1. The van der Waals surface area contributed by atoms with Crippen molar-refractivity contribution < 1.29 is 0 Å². The van der Waals surface area contributed by atoms with Crippen molar-refractivity contribution in [3.63, 3.8) is 0 Å². The van der Waals surface area contributed by atoms with Crippen LogP contribution < -0.4 is 0 Å². The fourth-order valence-corrected chi connectivity index (χ4v) is 3.96. The van der Waals surface area contributed by atoms with Gasteiger partial charge in [-0.1, -0.05) is 65.7 Å². The number of imidazole rings is 1. The minimum atomic E-state index is 0.620. The van der Waals surface area contributed by atoms with Gasteiger partial charge in [0.1, 0.15) is 5.82 Å². The quantitative estimate of drug-likeness (QED) is 0.336. The number of hydrogen-bond acceptors (Lipinski definition) is 1. The molecule has 5 rings (SSSR count). The SMILES string of the molecule is Clc1ccc(-c2cc3ccccc3cc2-c2nc3ccccc3[nH]2)c(Cl)c1. The minimum Gasteiger partial charge on any atom is -0.338 e. The molecule has 0 saturated heterocycles. The molecule has 0 spiro atoms. The first kappa shape index (κ1) is 16.4. The molecule has 1 N–H and O–H groups in total. The van der Waals surface area contributed by atoms with Gasteiger partial charge in [-0.3, -0.25) is 0 Å². The smallest absolute Gasteiger partial charge is 0.139 e. The Balaban J connectivity index is 1.83. The van der Waals surface area contributed by atoms with Gasteiger partial charge in [0.15, 0.2) is 0 Å². The highest BCUT2D eigenvalue weighted by Gasteiger charge is 2.15. The molecule has 5 aromatic rings. The van der Waals surface area contributed by atoms with Crippen molar-refractivity contribution in [2.45, 2.75) is 0 Å². The summed E-state index contributed by atoms with van der Waals surface area (Å²) in [5, 5.41) is 3.55. The molecule has 1 heterocycles. The fraction of sp³-hybridized carbons (Fsp3) is 0. The summed E-state index contributed by atoms with van der Waals surface area (Å²) >= 11 is 12.6. The number of nitrogens with zero attached hydrogens (tertiary/aromatic N) is 1. The molecule has 2 nitrogen and oxygen atoms in total. The van der Waals surface area contributed by atoms with Crippen LogP contribution in [0.2, 0.25) is 10.0 Å². The molecule has 0 unspecified atom stereocenters. The van der Waals surface area contributed by atoms with Crippen LogP contribution in [0.1, 0.15) is 0 Å². The lowest BCUT2D eigenvalue weighted by atomic mass is 9.95. The number of halogens is 2. The molecule has 0 aliphatic rings. The molecule has 0 saturated carbocycles. The van der Waals surface area contributed by atoms with Crippen LogP contribution in [0.25, 0.3) is 44.3 Å². The summed E-state index contributed by atoms with van der Waals surface area (Å²) in [6.07, 6.45) is 0. The Morgan fingerprint density at radius 3 is 2.11 bits per heavy atom. The molecule has 130 valence electrons. The van der Waals surface area contributed by atoms with E-state index in [2.05, 4.69) is 29.2 Å². The highest BCUT2D eigenvalue weighted by atomic mass is 35.5. The largest absolute Gasteiger partial charge is 0.338 e. The van der Waals surface area contributed by atoms with Crippen molar-refractivity contribution in [1.29, 1.82) is 0 Å². The van der Waals surface area contributed by atoms with Crippen molar-refractivity contribution in [3.8, 4) is 22.5 Å². The summed E-state index contributed by atoms with van der Waals surface area (Å²) in [6.45, 7) is 0. The lowest BCUT2D eigenvalue weighted by molar-refractivity contribution is 1.34. The molecule has 4 aromatic carbocycles. The van der Waals surface area contributed by atoms with Crippen LogP contribution in [0.4, 0.5) is 0 Å². The van der Waals surface area contributed by atoms with E-state index in [0.29, 0.717) is 10.0 Å². The second-order valence-electron chi connectivity index (χ2n) is 6.47. The lowest BCUT2D eigenvalue weighted by Crippen LogP contribution is -1.89. The molecule has 0 radical (unpaired) electrons. The van der Waals surface area contributed by atoms with E-state index in [0.717, 1.165) is 44.3 Å². The van der Waals surface area contributed by atoms with Gasteiger partial charge >= 0.3 is 0 Å². The van der Waals surface area contributed by atoms with Gasteiger partial charge in [-0.05, 0) is 52.7 Å². The Kier molecular flexibility index (Phi) is 3.89. The van der Waals surface area contributed by atoms with Crippen LogP contribution in [0.3, 0.4) is 0 Å². The van der Waals surface area contributed by atoms with Gasteiger partial charge in [0.05, 0.1) is 11.0 Å². The number of para-hydroxylation sites is 2. The molecule has 27 heavy (non-hydrogen) atoms. The van der Waals surface area contributed by atoms with Crippen LogP contribution in [0.5, 0.6) is 0 Å². The van der Waals surface area contributed by atoms with Gasteiger partial charge < -0.3 is 4.98 Å². The van der Waals surface area contributed by atoms with E-state index in [1.807, 2.05) is 48.5 Å². The van der Waals surface area contributed by atoms with E-state index < -0.39 is 0 Å². The third kappa shape index (κ3) is 2.87. The molecule has 0 bridgehead atoms. The Hall–Kier alpha value is -2.81. The first-order valence-corrected chi connectivity index (χ1v) is 9.38. The summed E-state index contributed by atoms with van der Waals surface area (Å²) in [5.74, 6) is 0.822. The average molecular weight is 389 g/mol. The molecule has 0 fully saturated rings. The van der Waals surface area contributed by atoms with Crippen molar-refractivity contribution in [2.24, 2.45) is 0 Å². The molecule has 4 heteroatoms. The van der Waals surface area contributed by atoms with Crippen molar-refractivity contribution in [3.05, 3.63) is 88.9 Å². The Morgan fingerprint density at radius 2 is 1.37 bits per heavy atom. The summed E-state index contributed by atoms with van der Waals surface area (Å²) in [4.78, 5) is 8.24. The third-order valence-electron chi connectivity index (χ3n) is 4.75. The van der Waals surface area contributed by atoms with Gasteiger partial charge in [-0.2, -0.15) is 0 Å². The monoisotopic (exact) mass is 388 g/mol. The Morgan fingerprint density at radius 1 is 0.667 bits per heavy atom. The van der Waals surface area contributed by atoms with Crippen LogP contribution in [0.15, 0.2) is 78.9 Å². The highest BCUT2D eigenvalue weighted by molar-refractivity contribution is 6.36. The topological polar surface area (TPSA) is 28.7 Å². The zero-order valence-corrected chi connectivity index (χ0v) is 15.7. The zero-order valence-electron chi connectivity index (χ0n) is 14.2. The van der Waals surface area contributed by atoms with E-state index in [-0.39, 0.29) is 0 Å². The van der Waals surface area contributed by atoms with E-state index in [1.165, 1.54) is 0 Å². The first-order chi connectivity index (χ1) is 13.2. The second-order valence-corrected chi connectivity index (χ2v) is 7.32. The van der Waals surface area contributed by atoms with E-state index in [1.54, 1.807) is 6.07 Å². The van der Waals surface area contributed by atoms with E-state index in [4.69, 9.17) is 28.2 Å². The maximum Gasteiger partial charge on any atom is 0.139 e. The van der Waals surface area contributed by atoms with Crippen molar-refractivity contribution in [2.75, 3.05) is 0 Å². The fourth-order valence-electron chi connectivity index (χ4n) is 3.45. The number of benzene rings is 4. The molecule has 1 aromatic heterocycles. The lowest BCUT2D eigenvalue weighted by Gasteiger charge is -2.12. The molecular weight excluding hydrogens is 375 g/mol. The van der Waals surface area contributed by atoms with E-state index >= 15 is 0 Å². The van der Waals surface area contributed by atoms with Gasteiger partial charge in [-0.25, -0.2) is 4.98 Å². The summed E-state index contributed by atoms with van der Waals surface area (Å²) in [6, 6.07) is 26.2. The number of hydrogen-bond donors (Lipinski definition) is 1. The van der Waals surface area contributed by atoms with E-state index in [9.17, 15) is 0 Å². The van der Waals surface area contributed by atoms with Gasteiger partial charge in [0.2, 0.25) is 0 Å². The van der Waals surface area contributed by atoms with Crippen LogP contribution in [-0.4, -0.2) is 9.97 Å². The van der Waals surface area contributed by atoms with Crippen LogP contribution in [0, 0.1) is 0 Å². The second kappa shape index (κ2) is 6.41. The molecular formula is C23H14Cl2N2. The number of aromatic nitrogens is 2. The number of H-pyrrole nitrogens is 1. The molecule has 0 amide bonds. The standard InChI is InChI=1S/C23H14Cl2N2/c24-16-9-10-17(20(25)13-16)18-11-14-5-1-2-6-15(14)12-19(18)23-26-21-7-3-4-8-22(21)27-23/h1-13H,(H,26,27). The van der Waals surface area contributed by atoms with Crippen LogP contribution in [-0.2, 0) is 0 Å². The average Bonchev–Trinajstić information content (AvgIpc) is 3.11. The minimum absolute atomic E-state index is 0.620. The molecule has 0 aliphatic carbocycles. The zero-order chi connectivity index (χ0) is 18.4.